The van der Waals surface area contributed by atoms with Gasteiger partial charge in [-0.05, 0) is 18.6 Å². The largest absolute Gasteiger partial charge is 0.337 e. The molecule has 0 aliphatic carbocycles. The number of amides is 1. The highest BCUT2D eigenvalue weighted by atomic mass is 32.2. The zero-order valence-corrected chi connectivity index (χ0v) is 11.4. The molecule has 0 radical (unpaired) electrons. The number of carbonyl (C=O) groups excluding carboxylic acids is 1. The van der Waals surface area contributed by atoms with Gasteiger partial charge in [0.2, 0.25) is 5.91 Å². The van der Waals surface area contributed by atoms with Gasteiger partial charge in [-0.25, -0.2) is 0 Å². The molecule has 96 valence electrons. The van der Waals surface area contributed by atoms with Crippen LogP contribution < -0.4 is 5.32 Å². The van der Waals surface area contributed by atoms with E-state index in [4.69, 9.17) is 0 Å². The Morgan fingerprint density at radius 2 is 2.28 bits per heavy atom. The summed E-state index contributed by atoms with van der Waals surface area (Å²) in [6, 6.07) is 8.61. The first-order chi connectivity index (χ1) is 8.77. The summed E-state index contributed by atoms with van der Waals surface area (Å²) < 4.78 is 0. The fourth-order valence-electron chi connectivity index (χ4n) is 2.74. The molecule has 4 heteroatoms. The number of benzene rings is 1. The van der Waals surface area contributed by atoms with Crippen LogP contribution in [-0.4, -0.2) is 42.2 Å². The van der Waals surface area contributed by atoms with Crippen LogP contribution in [0.5, 0.6) is 0 Å². The van der Waals surface area contributed by atoms with E-state index in [1.165, 1.54) is 10.5 Å². The van der Waals surface area contributed by atoms with Crippen LogP contribution in [-0.2, 0) is 4.79 Å². The number of thioether (sulfide) groups is 1. The van der Waals surface area contributed by atoms with Crippen molar-refractivity contribution < 1.29 is 4.79 Å². The molecule has 1 fully saturated rings. The summed E-state index contributed by atoms with van der Waals surface area (Å²) in [5, 5.41) is 3.33. The minimum Gasteiger partial charge on any atom is -0.337 e. The standard InChI is InChI=1S/C14H18N2OS/c1-10-8-15-6-7-16(10)14(17)12-9-18-13-5-3-2-4-11(12)13/h2-5,10,12,15H,6-9H2,1H3. The smallest absolute Gasteiger partial charge is 0.231 e. The molecule has 0 saturated carbocycles. The van der Waals surface area contributed by atoms with Gasteiger partial charge in [0.05, 0.1) is 5.92 Å². The Balaban J connectivity index is 1.82. The minimum atomic E-state index is 0.0618. The van der Waals surface area contributed by atoms with E-state index in [0.717, 1.165) is 25.4 Å². The van der Waals surface area contributed by atoms with E-state index >= 15 is 0 Å². The van der Waals surface area contributed by atoms with E-state index in [-0.39, 0.29) is 5.92 Å². The lowest BCUT2D eigenvalue weighted by atomic mass is 9.98. The quantitative estimate of drug-likeness (QED) is 0.836. The first kappa shape index (κ1) is 12.1. The predicted octanol–water partition coefficient (Wildman–Crippen LogP) is 1.70. The van der Waals surface area contributed by atoms with Gasteiger partial charge in [0.25, 0.3) is 0 Å². The van der Waals surface area contributed by atoms with E-state index in [1.54, 1.807) is 11.8 Å². The molecule has 0 aromatic heterocycles. The summed E-state index contributed by atoms with van der Waals surface area (Å²) in [4.78, 5) is 16.0. The van der Waals surface area contributed by atoms with Crippen molar-refractivity contribution in [2.45, 2.75) is 23.8 Å². The highest BCUT2D eigenvalue weighted by molar-refractivity contribution is 7.99. The first-order valence-electron chi connectivity index (χ1n) is 6.50. The summed E-state index contributed by atoms with van der Waals surface area (Å²) in [5.41, 5.74) is 1.22. The lowest BCUT2D eigenvalue weighted by Crippen LogP contribution is -2.53. The van der Waals surface area contributed by atoms with Crippen LogP contribution in [0.1, 0.15) is 18.4 Å². The van der Waals surface area contributed by atoms with Gasteiger partial charge < -0.3 is 10.2 Å². The molecular formula is C14H18N2OS. The summed E-state index contributed by atoms with van der Waals surface area (Å²) >= 11 is 1.81. The van der Waals surface area contributed by atoms with E-state index in [9.17, 15) is 4.79 Å². The van der Waals surface area contributed by atoms with Crippen molar-refractivity contribution in [3.63, 3.8) is 0 Å². The molecule has 0 bridgehead atoms. The van der Waals surface area contributed by atoms with E-state index in [1.807, 2.05) is 17.0 Å². The van der Waals surface area contributed by atoms with Crippen LogP contribution in [0, 0.1) is 0 Å². The fraction of sp³-hybridized carbons (Fsp3) is 0.500. The molecule has 1 aromatic rings. The molecule has 3 nitrogen and oxygen atoms in total. The topological polar surface area (TPSA) is 32.3 Å². The predicted molar refractivity (Wildman–Crippen MR) is 74.0 cm³/mol. The van der Waals surface area contributed by atoms with E-state index < -0.39 is 0 Å². The molecule has 18 heavy (non-hydrogen) atoms. The monoisotopic (exact) mass is 262 g/mol. The van der Waals surface area contributed by atoms with Crippen molar-refractivity contribution >= 4 is 17.7 Å². The van der Waals surface area contributed by atoms with Crippen LogP contribution in [0.4, 0.5) is 0 Å². The maximum atomic E-state index is 12.7. The van der Waals surface area contributed by atoms with E-state index in [2.05, 4.69) is 24.4 Å². The number of rotatable bonds is 1. The Labute approximate surface area is 112 Å². The molecule has 1 aromatic carbocycles. The summed E-state index contributed by atoms with van der Waals surface area (Å²) in [7, 11) is 0. The lowest BCUT2D eigenvalue weighted by molar-refractivity contribution is -0.135. The molecule has 2 heterocycles. The zero-order chi connectivity index (χ0) is 12.5. The maximum Gasteiger partial charge on any atom is 0.231 e. The molecule has 1 saturated heterocycles. The molecule has 2 aliphatic heterocycles. The van der Waals surface area contributed by atoms with Gasteiger partial charge in [-0.3, -0.25) is 4.79 Å². The summed E-state index contributed by atoms with van der Waals surface area (Å²) in [6.07, 6.45) is 0. The van der Waals surface area contributed by atoms with Crippen molar-refractivity contribution in [1.82, 2.24) is 10.2 Å². The van der Waals surface area contributed by atoms with Crippen LogP contribution in [0.2, 0.25) is 0 Å². The van der Waals surface area contributed by atoms with Crippen LogP contribution in [0.15, 0.2) is 29.2 Å². The molecule has 2 atom stereocenters. The first-order valence-corrected chi connectivity index (χ1v) is 7.49. The fourth-order valence-corrected chi connectivity index (χ4v) is 3.96. The van der Waals surface area contributed by atoms with Gasteiger partial charge in [0.15, 0.2) is 0 Å². The molecule has 2 aliphatic rings. The van der Waals surface area contributed by atoms with Crippen molar-refractivity contribution in [3.05, 3.63) is 29.8 Å². The van der Waals surface area contributed by atoms with Crippen molar-refractivity contribution in [3.8, 4) is 0 Å². The average molecular weight is 262 g/mol. The van der Waals surface area contributed by atoms with Gasteiger partial charge in [0.1, 0.15) is 0 Å². The van der Waals surface area contributed by atoms with Crippen molar-refractivity contribution in [2.24, 2.45) is 0 Å². The number of nitrogens with one attached hydrogen (secondary N) is 1. The number of nitrogens with zero attached hydrogens (tertiary/aromatic N) is 1. The molecule has 3 rings (SSSR count). The second kappa shape index (κ2) is 4.94. The Kier molecular flexibility index (Phi) is 3.31. The van der Waals surface area contributed by atoms with Gasteiger partial charge in [0, 0.05) is 36.3 Å². The maximum absolute atomic E-state index is 12.7. The normalized spacial score (nSPS) is 27.1. The number of fused-ring (bicyclic) bond motifs is 1. The number of hydrogen-bond acceptors (Lipinski definition) is 3. The summed E-state index contributed by atoms with van der Waals surface area (Å²) in [6.45, 7) is 4.78. The second-order valence-electron chi connectivity index (χ2n) is 4.99. The van der Waals surface area contributed by atoms with Crippen molar-refractivity contribution in [2.75, 3.05) is 25.4 Å². The van der Waals surface area contributed by atoms with E-state index in [0.29, 0.717) is 11.9 Å². The highest BCUT2D eigenvalue weighted by Crippen LogP contribution is 2.40. The molecule has 0 spiro atoms. The Bertz CT molecular complexity index is 463. The third kappa shape index (κ3) is 2.04. The Hall–Kier alpha value is -1.00. The summed E-state index contributed by atoms with van der Waals surface area (Å²) in [5.74, 6) is 1.27. The second-order valence-corrected chi connectivity index (χ2v) is 6.05. The van der Waals surface area contributed by atoms with Crippen LogP contribution >= 0.6 is 11.8 Å². The molecule has 2 unspecified atom stereocenters. The van der Waals surface area contributed by atoms with Crippen LogP contribution in [0.25, 0.3) is 0 Å². The molecule has 1 amide bonds. The highest BCUT2D eigenvalue weighted by Gasteiger charge is 2.34. The number of piperazine rings is 1. The third-order valence-corrected chi connectivity index (χ3v) is 4.97. The van der Waals surface area contributed by atoms with Gasteiger partial charge in [-0.15, -0.1) is 11.8 Å². The number of hydrogen-bond donors (Lipinski definition) is 1. The minimum absolute atomic E-state index is 0.0618. The van der Waals surface area contributed by atoms with Gasteiger partial charge in [-0.2, -0.15) is 0 Å². The van der Waals surface area contributed by atoms with Crippen LogP contribution in [0.3, 0.4) is 0 Å². The SMILES string of the molecule is CC1CNCCN1C(=O)C1CSc2ccccc21. The molecule has 1 N–H and O–H groups in total. The Morgan fingerprint density at radius 3 is 3.11 bits per heavy atom. The zero-order valence-electron chi connectivity index (χ0n) is 10.6. The lowest BCUT2D eigenvalue weighted by Gasteiger charge is -2.35. The number of carbonyl (C=O) groups is 1. The average Bonchev–Trinajstić information content (AvgIpc) is 2.82. The van der Waals surface area contributed by atoms with Gasteiger partial charge >= 0.3 is 0 Å². The van der Waals surface area contributed by atoms with Gasteiger partial charge in [-0.1, -0.05) is 18.2 Å². The van der Waals surface area contributed by atoms with Crippen molar-refractivity contribution in [1.29, 1.82) is 0 Å². The Morgan fingerprint density at radius 1 is 1.44 bits per heavy atom. The third-order valence-electron chi connectivity index (χ3n) is 3.78. The molecular weight excluding hydrogens is 244 g/mol.